The number of hydrogen-bond acceptors (Lipinski definition) is 3. The Balaban J connectivity index is 2.19. The fourth-order valence-electron chi connectivity index (χ4n) is 3.47. The molecule has 1 aliphatic heterocycles. The number of amides is 2. The molecule has 2 amide bonds. The van der Waals surface area contributed by atoms with Crippen molar-refractivity contribution in [3.63, 3.8) is 0 Å². The standard InChI is InChI=1S/C14H24N2O3/c1-4-7-11(17)19-12-14(8-5-6-9-14)10-15(2)13(18)16(12)3/h12H,4-10H2,1-3H3. The zero-order valence-corrected chi connectivity index (χ0v) is 12.1. The summed E-state index contributed by atoms with van der Waals surface area (Å²) in [6, 6.07) is -0.0631. The summed E-state index contributed by atoms with van der Waals surface area (Å²) in [4.78, 5) is 27.2. The van der Waals surface area contributed by atoms with Gasteiger partial charge < -0.3 is 9.64 Å². The maximum atomic E-state index is 12.1. The van der Waals surface area contributed by atoms with Gasteiger partial charge in [0.2, 0.25) is 0 Å². The molecule has 0 N–H and O–H groups in total. The van der Waals surface area contributed by atoms with Crippen LogP contribution in [0.1, 0.15) is 45.4 Å². The van der Waals surface area contributed by atoms with Gasteiger partial charge in [-0.3, -0.25) is 9.69 Å². The first-order valence-electron chi connectivity index (χ1n) is 7.17. The van der Waals surface area contributed by atoms with E-state index in [-0.39, 0.29) is 17.4 Å². The maximum absolute atomic E-state index is 12.1. The third-order valence-electron chi connectivity index (χ3n) is 4.35. The predicted octanol–water partition coefficient (Wildman–Crippen LogP) is 2.21. The smallest absolute Gasteiger partial charge is 0.322 e. The summed E-state index contributed by atoms with van der Waals surface area (Å²) in [6.07, 6.45) is 5.16. The van der Waals surface area contributed by atoms with Gasteiger partial charge in [0.1, 0.15) is 0 Å². The molecule has 1 atom stereocenters. The summed E-state index contributed by atoms with van der Waals surface area (Å²) in [7, 11) is 3.56. The first-order valence-corrected chi connectivity index (χ1v) is 7.17. The first kappa shape index (κ1) is 14.2. The van der Waals surface area contributed by atoms with Gasteiger partial charge in [-0.1, -0.05) is 19.8 Å². The summed E-state index contributed by atoms with van der Waals surface area (Å²) in [5.41, 5.74) is -0.0686. The summed E-state index contributed by atoms with van der Waals surface area (Å²) in [6.45, 7) is 2.65. The lowest BCUT2D eigenvalue weighted by Gasteiger charge is -2.48. The molecule has 1 spiro atoms. The van der Waals surface area contributed by atoms with E-state index < -0.39 is 6.23 Å². The van der Waals surface area contributed by atoms with E-state index in [0.29, 0.717) is 13.0 Å². The van der Waals surface area contributed by atoms with Crippen molar-refractivity contribution >= 4 is 12.0 Å². The van der Waals surface area contributed by atoms with Gasteiger partial charge in [-0.25, -0.2) is 4.79 Å². The molecule has 2 rings (SSSR count). The minimum atomic E-state index is -0.391. The molecule has 5 nitrogen and oxygen atoms in total. The van der Waals surface area contributed by atoms with E-state index in [1.54, 1.807) is 16.8 Å². The number of nitrogens with zero attached hydrogens (tertiary/aromatic N) is 2. The van der Waals surface area contributed by atoms with E-state index in [0.717, 1.165) is 32.1 Å². The molecule has 1 aliphatic carbocycles. The zero-order valence-electron chi connectivity index (χ0n) is 12.1. The molecule has 1 unspecified atom stereocenters. The molecule has 5 heteroatoms. The average Bonchev–Trinajstić information content (AvgIpc) is 2.82. The number of esters is 1. The van der Waals surface area contributed by atoms with E-state index in [1.165, 1.54) is 0 Å². The van der Waals surface area contributed by atoms with Crippen molar-refractivity contribution in [2.75, 3.05) is 20.6 Å². The number of urea groups is 1. The summed E-state index contributed by atoms with van der Waals surface area (Å²) >= 11 is 0. The van der Waals surface area contributed by atoms with E-state index >= 15 is 0 Å². The summed E-state index contributed by atoms with van der Waals surface area (Å²) in [5.74, 6) is -0.192. The Morgan fingerprint density at radius 3 is 2.58 bits per heavy atom. The molecule has 0 aromatic heterocycles. The quantitative estimate of drug-likeness (QED) is 0.737. The van der Waals surface area contributed by atoms with Crippen LogP contribution in [0.5, 0.6) is 0 Å². The van der Waals surface area contributed by atoms with Crippen LogP contribution in [-0.2, 0) is 9.53 Å². The summed E-state index contributed by atoms with van der Waals surface area (Å²) < 4.78 is 5.64. The lowest BCUT2D eigenvalue weighted by Crippen LogP contribution is -2.62. The number of carbonyl (C=O) groups is 2. The van der Waals surface area contributed by atoms with Gasteiger partial charge in [0, 0.05) is 32.5 Å². The van der Waals surface area contributed by atoms with Crippen LogP contribution in [0.25, 0.3) is 0 Å². The number of hydrogen-bond donors (Lipinski definition) is 0. The summed E-state index contributed by atoms with van der Waals surface area (Å²) in [5, 5.41) is 0. The second-order valence-electron chi connectivity index (χ2n) is 5.91. The highest BCUT2D eigenvalue weighted by Crippen LogP contribution is 2.46. The van der Waals surface area contributed by atoms with Crippen molar-refractivity contribution < 1.29 is 14.3 Å². The second-order valence-corrected chi connectivity index (χ2v) is 5.91. The molecule has 0 bridgehead atoms. The minimum absolute atomic E-state index is 0.0631. The third kappa shape index (κ3) is 2.55. The normalized spacial score (nSPS) is 26.1. The highest BCUT2D eigenvalue weighted by molar-refractivity contribution is 5.76. The van der Waals surface area contributed by atoms with Gasteiger partial charge in [-0.05, 0) is 19.3 Å². The van der Waals surface area contributed by atoms with E-state index in [9.17, 15) is 9.59 Å². The fraction of sp³-hybridized carbons (Fsp3) is 0.857. The third-order valence-corrected chi connectivity index (χ3v) is 4.35. The fourth-order valence-corrected chi connectivity index (χ4v) is 3.47. The molecule has 0 aromatic carbocycles. The van der Waals surface area contributed by atoms with E-state index in [4.69, 9.17) is 4.74 Å². The molecule has 2 fully saturated rings. The molecule has 0 aromatic rings. The molecule has 0 radical (unpaired) electrons. The number of ether oxygens (including phenoxy) is 1. The van der Waals surface area contributed by atoms with Gasteiger partial charge >= 0.3 is 12.0 Å². The van der Waals surface area contributed by atoms with Crippen molar-refractivity contribution in [3.05, 3.63) is 0 Å². The van der Waals surface area contributed by atoms with Crippen molar-refractivity contribution in [2.24, 2.45) is 5.41 Å². The van der Waals surface area contributed by atoms with Crippen molar-refractivity contribution in [1.29, 1.82) is 0 Å². The molecule has 108 valence electrons. The Morgan fingerprint density at radius 1 is 1.37 bits per heavy atom. The minimum Gasteiger partial charge on any atom is -0.441 e. The van der Waals surface area contributed by atoms with Crippen LogP contribution in [0.15, 0.2) is 0 Å². The van der Waals surface area contributed by atoms with Gasteiger partial charge in [0.25, 0.3) is 0 Å². The highest BCUT2D eigenvalue weighted by atomic mass is 16.6. The second kappa shape index (κ2) is 5.39. The molecule has 19 heavy (non-hydrogen) atoms. The topological polar surface area (TPSA) is 49.9 Å². The Bertz CT molecular complexity index is 364. The monoisotopic (exact) mass is 268 g/mol. The van der Waals surface area contributed by atoms with Crippen molar-refractivity contribution in [1.82, 2.24) is 9.80 Å². The lowest BCUT2D eigenvalue weighted by molar-refractivity contribution is -0.176. The van der Waals surface area contributed by atoms with Crippen LogP contribution in [-0.4, -0.2) is 48.7 Å². The first-order chi connectivity index (χ1) is 9.00. The van der Waals surface area contributed by atoms with Crippen LogP contribution in [0, 0.1) is 5.41 Å². The molecular formula is C14H24N2O3. The molecular weight excluding hydrogens is 244 g/mol. The van der Waals surface area contributed by atoms with E-state index in [2.05, 4.69) is 0 Å². The van der Waals surface area contributed by atoms with Gasteiger partial charge in [-0.2, -0.15) is 0 Å². The average molecular weight is 268 g/mol. The van der Waals surface area contributed by atoms with Crippen LogP contribution >= 0.6 is 0 Å². The van der Waals surface area contributed by atoms with E-state index in [1.807, 2.05) is 14.0 Å². The van der Waals surface area contributed by atoms with Crippen LogP contribution in [0.3, 0.4) is 0 Å². The predicted molar refractivity (Wildman–Crippen MR) is 71.5 cm³/mol. The number of carbonyl (C=O) groups excluding carboxylic acids is 2. The highest BCUT2D eigenvalue weighted by Gasteiger charge is 2.51. The maximum Gasteiger partial charge on any atom is 0.322 e. The Kier molecular flexibility index (Phi) is 4.02. The van der Waals surface area contributed by atoms with Crippen LogP contribution in [0.2, 0.25) is 0 Å². The Morgan fingerprint density at radius 2 is 2.00 bits per heavy atom. The van der Waals surface area contributed by atoms with Gasteiger partial charge in [0.05, 0.1) is 0 Å². The molecule has 1 saturated heterocycles. The largest absolute Gasteiger partial charge is 0.441 e. The SMILES string of the molecule is CCCC(=O)OC1N(C)C(=O)N(C)CC12CCCC2. The number of rotatable bonds is 3. The van der Waals surface area contributed by atoms with Crippen LogP contribution < -0.4 is 0 Å². The zero-order chi connectivity index (χ0) is 14.0. The lowest BCUT2D eigenvalue weighted by atomic mass is 9.81. The molecule has 1 saturated carbocycles. The van der Waals surface area contributed by atoms with Crippen LogP contribution in [0.4, 0.5) is 4.79 Å². The molecule has 2 aliphatic rings. The van der Waals surface area contributed by atoms with Gasteiger partial charge in [0.15, 0.2) is 6.23 Å². The van der Waals surface area contributed by atoms with Crippen molar-refractivity contribution in [3.8, 4) is 0 Å². The molecule has 1 heterocycles. The Labute approximate surface area is 114 Å². The Hall–Kier alpha value is -1.26. The van der Waals surface area contributed by atoms with Crippen molar-refractivity contribution in [2.45, 2.75) is 51.7 Å². The van der Waals surface area contributed by atoms with Gasteiger partial charge in [-0.15, -0.1) is 0 Å².